The molecule has 1 spiro atoms. The van der Waals surface area contributed by atoms with Gasteiger partial charge in [0, 0.05) is 32.2 Å². The molecule has 0 aliphatic carbocycles. The van der Waals surface area contributed by atoms with Crippen LogP contribution in [0.3, 0.4) is 0 Å². The van der Waals surface area contributed by atoms with Crippen LogP contribution in [0.1, 0.15) is 83.8 Å². The summed E-state index contributed by atoms with van der Waals surface area (Å²) in [5.41, 5.74) is -0.438. The van der Waals surface area contributed by atoms with Gasteiger partial charge in [-0.3, -0.25) is 19.2 Å². The fourth-order valence-electron chi connectivity index (χ4n) is 7.63. The predicted molar refractivity (Wildman–Crippen MR) is 174 cm³/mol. The highest BCUT2D eigenvalue weighted by Gasteiger charge is 2.75. The molecule has 1 unspecified atom stereocenters. The van der Waals surface area contributed by atoms with Gasteiger partial charge in [0.25, 0.3) is 0 Å². The number of likely N-dealkylation sites (tertiary alicyclic amines) is 1. The maximum atomic E-state index is 14.5. The van der Waals surface area contributed by atoms with E-state index in [-0.39, 0.29) is 43.3 Å². The zero-order valence-electron chi connectivity index (χ0n) is 27.6. The Morgan fingerprint density at radius 3 is 2.59 bits per heavy atom. The summed E-state index contributed by atoms with van der Waals surface area (Å²) in [6.07, 6.45) is 6.47. The van der Waals surface area contributed by atoms with E-state index in [0.717, 1.165) is 12.8 Å². The maximum Gasteiger partial charge on any atom is 0.313 e. The van der Waals surface area contributed by atoms with Crippen molar-refractivity contribution in [1.82, 2.24) is 15.1 Å². The quantitative estimate of drug-likeness (QED) is 0.141. The number of hydrogen-bond acceptors (Lipinski definition) is 7. The standard InChI is InChI=1S/C36H51N3O7/c1-6-9-18-28(41)37-25(5)31(26-16-11-10-12-17-26)45-35(44)29-27-19-20-36(46-27)30(29)33(42)39(22-13-14-23-40)32(36)34(43)38(21-8-3)24(4)15-7-2/h6,8,10-12,16-17,24-25,27,29-32,40H,1,3,7,9,13-15,18-23H2,2,4-5H3,(H,37,41)/t24?,25-,27-,29+,30+,31-,32-,36+/m1/s1. The van der Waals surface area contributed by atoms with Crippen LogP contribution in [0.5, 0.6) is 0 Å². The molecule has 46 heavy (non-hydrogen) atoms. The molecule has 2 N–H and O–H groups in total. The van der Waals surface area contributed by atoms with Gasteiger partial charge in [-0.05, 0) is 57.9 Å². The summed E-state index contributed by atoms with van der Waals surface area (Å²) < 4.78 is 12.8. The van der Waals surface area contributed by atoms with Crippen molar-refractivity contribution in [3.05, 3.63) is 61.2 Å². The first kappa shape index (κ1) is 35.4. The second-order valence-corrected chi connectivity index (χ2v) is 12.9. The molecule has 4 rings (SSSR count). The van der Waals surface area contributed by atoms with Crippen LogP contribution in [0.25, 0.3) is 0 Å². The highest BCUT2D eigenvalue weighted by atomic mass is 16.6. The zero-order valence-corrected chi connectivity index (χ0v) is 27.6. The number of nitrogens with zero attached hydrogens (tertiary/aromatic N) is 2. The number of aliphatic hydroxyl groups is 1. The Labute approximate surface area is 273 Å². The van der Waals surface area contributed by atoms with Crippen molar-refractivity contribution in [2.45, 2.75) is 108 Å². The second-order valence-electron chi connectivity index (χ2n) is 12.9. The van der Waals surface area contributed by atoms with Gasteiger partial charge in [0.15, 0.2) is 0 Å². The molecule has 0 radical (unpaired) electrons. The number of hydrogen-bond donors (Lipinski definition) is 2. The van der Waals surface area contributed by atoms with Crippen molar-refractivity contribution in [1.29, 1.82) is 0 Å². The molecule has 0 saturated carbocycles. The normalized spacial score (nSPS) is 26.6. The molecule has 1 aromatic carbocycles. The number of carbonyl (C=O) groups excluding carboxylic acids is 4. The number of allylic oxidation sites excluding steroid dienone is 1. The van der Waals surface area contributed by atoms with Gasteiger partial charge >= 0.3 is 5.97 Å². The molecular formula is C36H51N3O7. The van der Waals surface area contributed by atoms with E-state index in [1.165, 1.54) is 0 Å². The Hall–Kier alpha value is -3.50. The monoisotopic (exact) mass is 637 g/mol. The average molecular weight is 638 g/mol. The number of unbranched alkanes of at least 4 members (excludes halogenated alkanes) is 1. The van der Waals surface area contributed by atoms with Crippen molar-refractivity contribution in [2.75, 3.05) is 19.7 Å². The number of aliphatic hydroxyl groups excluding tert-OH is 1. The molecule has 3 amide bonds. The average Bonchev–Trinajstić information content (AvgIpc) is 3.69. The third-order valence-electron chi connectivity index (χ3n) is 9.75. The van der Waals surface area contributed by atoms with Crippen molar-refractivity contribution < 1.29 is 33.8 Å². The van der Waals surface area contributed by atoms with E-state index >= 15 is 0 Å². The lowest BCUT2D eigenvalue weighted by atomic mass is 9.70. The molecule has 3 heterocycles. The van der Waals surface area contributed by atoms with E-state index in [2.05, 4.69) is 25.4 Å². The highest BCUT2D eigenvalue weighted by molar-refractivity contribution is 5.98. The number of nitrogens with one attached hydrogen (secondary N) is 1. The molecule has 0 aromatic heterocycles. The fraction of sp³-hybridized carbons (Fsp3) is 0.611. The molecule has 252 valence electrons. The summed E-state index contributed by atoms with van der Waals surface area (Å²) in [6, 6.07) is 7.71. The Bertz CT molecular complexity index is 1260. The molecule has 8 atom stereocenters. The molecule has 3 saturated heterocycles. The van der Waals surface area contributed by atoms with Gasteiger partial charge in [-0.1, -0.05) is 55.8 Å². The molecule has 10 heteroatoms. The van der Waals surface area contributed by atoms with Crippen LogP contribution in [-0.2, 0) is 28.7 Å². The van der Waals surface area contributed by atoms with Crippen LogP contribution < -0.4 is 5.32 Å². The lowest BCUT2D eigenvalue weighted by Crippen LogP contribution is -2.58. The number of ether oxygens (including phenoxy) is 2. The Morgan fingerprint density at radius 1 is 1.20 bits per heavy atom. The van der Waals surface area contributed by atoms with Crippen molar-refractivity contribution in [3.8, 4) is 0 Å². The third-order valence-corrected chi connectivity index (χ3v) is 9.75. The summed E-state index contributed by atoms with van der Waals surface area (Å²) in [6.45, 7) is 14.0. The fourth-order valence-corrected chi connectivity index (χ4v) is 7.63. The lowest BCUT2D eigenvalue weighted by molar-refractivity contribution is -0.162. The summed E-state index contributed by atoms with van der Waals surface area (Å²) in [5.74, 6) is -3.01. The van der Waals surface area contributed by atoms with Crippen LogP contribution in [-0.4, -0.2) is 88.1 Å². The molecule has 3 aliphatic heterocycles. The first-order chi connectivity index (χ1) is 22.1. The molecule has 10 nitrogen and oxygen atoms in total. The van der Waals surface area contributed by atoms with E-state index in [0.29, 0.717) is 44.2 Å². The van der Waals surface area contributed by atoms with Crippen LogP contribution in [0.15, 0.2) is 55.6 Å². The minimum atomic E-state index is -1.15. The van der Waals surface area contributed by atoms with Gasteiger partial charge in [0.05, 0.1) is 24.0 Å². The van der Waals surface area contributed by atoms with Gasteiger partial charge in [-0.15, -0.1) is 13.2 Å². The van der Waals surface area contributed by atoms with Crippen LogP contribution >= 0.6 is 0 Å². The largest absolute Gasteiger partial charge is 0.455 e. The van der Waals surface area contributed by atoms with Crippen molar-refractivity contribution in [2.24, 2.45) is 11.8 Å². The first-order valence-corrected chi connectivity index (χ1v) is 16.8. The highest BCUT2D eigenvalue weighted by Crippen LogP contribution is 2.59. The van der Waals surface area contributed by atoms with Crippen molar-refractivity contribution >= 4 is 23.7 Å². The molecule has 2 bridgehead atoms. The van der Waals surface area contributed by atoms with Crippen LogP contribution in [0.4, 0.5) is 0 Å². The van der Waals surface area contributed by atoms with Crippen molar-refractivity contribution in [3.63, 3.8) is 0 Å². The number of amides is 3. The molecule has 1 aromatic rings. The second kappa shape index (κ2) is 15.9. The number of rotatable bonds is 18. The molecular weight excluding hydrogens is 586 g/mol. The predicted octanol–water partition coefficient (Wildman–Crippen LogP) is 4.09. The van der Waals surface area contributed by atoms with E-state index < -0.39 is 47.7 Å². The first-order valence-electron chi connectivity index (χ1n) is 16.8. The zero-order chi connectivity index (χ0) is 33.4. The Balaban J connectivity index is 1.65. The smallest absolute Gasteiger partial charge is 0.313 e. The van der Waals surface area contributed by atoms with Gasteiger partial charge in [-0.2, -0.15) is 0 Å². The number of esters is 1. The van der Waals surface area contributed by atoms with Crippen LogP contribution in [0.2, 0.25) is 0 Å². The van der Waals surface area contributed by atoms with E-state index in [9.17, 15) is 24.3 Å². The lowest BCUT2D eigenvalue weighted by Gasteiger charge is -2.39. The van der Waals surface area contributed by atoms with E-state index in [1.54, 1.807) is 28.9 Å². The van der Waals surface area contributed by atoms with Gasteiger partial charge in [-0.25, -0.2) is 0 Å². The van der Waals surface area contributed by atoms with Gasteiger partial charge < -0.3 is 29.7 Å². The topological polar surface area (TPSA) is 125 Å². The minimum Gasteiger partial charge on any atom is -0.455 e. The summed E-state index contributed by atoms with van der Waals surface area (Å²) in [7, 11) is 0. The van der Waals surface area contributed by atoms with Gasteiger partial charge in [0.1, 0.15) is 17.7 Å². The number of fused-ring (bicyclic) bond motifs is 1. The van der Waals surface area contributed by atoms with E-state index in [4.69, 9.17) is 9.47 Å². The Morgan fingerprint density at radius 2 is 1.93 bits per heavy atom. The molecule has 3 aliphatic rings. The van der Waals surface area contributed by atoms with Gasteiger partial charge in [0.2, 0.25) is 17.7 Å². The maximum absolute atomic E-state index is 14.5. The summed E-state index contributed by atoms with van der Waals surface area (Å²) >= 11 is 0. The number of benzene rings is 1. The Kier molecular flexibility index (Phi) is 12.2. The minimum absolute atomic E-state index is 0.0257. The third kappa shape index (κ3) is 7.08. The SMILES string of the molecule is C=CCCC(=O)N[C@H](C)[C@@H](OC(=O)[C@@H]1[C@H]2C(=O)N(CCCCO)[C@H](C(=O)N(CC=C)C(C)CCC)[C@]23CC[C@H]1O3)c1ccccc1. The van der Waals surface area contributed by atoms with E-state index in [1.807, 2.05) is 37.3 Å². The molecule has 3 fully saturated rings. The van der Waals surface area contributed by atoms with Crippen LogP contribution in [0, 0.1) is 11.8 Å². The number of carbonyl (C=O) groups is 4. The summed E-state index contributed by atoms with van der Waals surface area (Å²) in [5, 5.41) is 12.4. The summed E-state index contributed by atoms with van der Waals surface area (Å²) in [4.78, 5) is 58.9.